The number of nitrogens with two attached hydrogens (primary N) is 1. The van der Waals surface area contributed by atoms with Crippen LogP contribution in [0, 0.1) is 0 Å². The van der Waals surface area contributed by atoms with Crippen LogP contribution in [0.1, 0.15) is 26.2 Å². The fraction of sp³-hybridized carbons (Fsp3) is 1.00. The maximum Gasteiger partial charge on any atom is 0.0988 e. The molecule has 0 aromatic rings. The minimum atomic E-state index is 0.0680. The molecule has 0 bridgehead atoms. The van der Waals surface area contributed by atoms with Crippen molar-refractivity contribution in [1.82, 2.24) is 0 Å². The van der Waals surface area contributed by atoms with Gasteiger partial charge in [0, 0.05) is 33.0 Å². The minimum absolute atomic E-state index is 0.0680. The summed E-state index contributed by atoms with van der Waals surface area (Å²) >= 11 is 0. The molecule has 3 atom stereocenters. The fourth-order valence-corrected chi connectivity index (χ4v) is 1.93. The average Bonchev–Trinajstić information content (AvgIpc) is 2.36. The summed E-state index contributed by atoms with van der Waals surface area (Å²) in [5.74, 6) is 0. The maximum absolute atomic E-state index is 5.89. The van der Waals surface area contributed by atoms with Crippen molar-refractivity contribution in [3.63, 3.8) is 0 Å². The summed E-state index contributed by atoms with van der Waals surface area (Å²) in [7, 11) is 1.69. The van der Waals surface area contributed by atoms with Crippen LogP contribution in [0.5, 0.6) is 0 Å². The summed E-state index contributed by atoms with van der Waals surface area (Å²) in [6.07, 6.45) is 3.04. The lowest BCUT2D eigenvalue weighted by Crippen LogP contribution is -2.58. The molecule has 0 spiro atoms. The average molecular weight is 261 g/mol. The van der Waals surface area contributed by atoms with Crippen LogP contribution in [0.2, 0.25) is 0 Å². The molecule has 108 valence electrons. The molecule has 0 aromatic heterocycles. The van der Waals surface area contributed by atoms with E-state index in [-0.39, 0.29) is 18.2 Å². The highest BCUT2D eigenvalue weighted by molar-refractivity contribution is 4.95. The van der Waals surface area contributed by atoms with E-state index in [1.165, 1.54) is 0 Å². The molecular weight excluding hydrogens is 234 g/mol. The van der Waals surface area contributed by atoms with Gasteiger partial charge in [-0.05, 0) is 19.3 Å². The third-order valence-electron chi connectivity index (χ3n) is 3.00. The van der Waals surface area contributed by atoms with Gasteiger partial charge in [0.05, 0.1) is 25.4 Å². The third kappa shape index (κ3) is 5.63. The summed E-state index contributed by atoms with van der Waals surface area (Å²) < 4.78 is 21.7. The first-order valence-electron chi connectivity index (χ1n) is 6.85. The second-order valence-corrected chi connectivity index (χ2v) is 4.60. The van der Waals surface area contributed by atoms with E-state index in [0.717, 1.165) is 39.1 Å². The Morgan fingerprint density at radius 3 is 2.56 bits per heavy atom. The summed E-state index contributed by atoms with van der Waals surface area (Å²) in [5.41, 5.74) is 5.89. The predicted molar refractivity (Wildman–Crippen MR) is 69.7 cm³/mol. The zero-order valence-electron chi connectivity index (χ0n) is 11.6. The van der Waals surface area contributed by atoms with E-state index in [1.54, 1.807) is 7.11 Å². The fourth-order valence-electron chi connectivity index (χ4n) is 1.93. The van der Waals surface area contributed by atoms with E-state index >= 15 is 0 Å². The van der Waals surface area contributed by atoms with Crippen LogP contribution >= 0.6 is 0 Å². The molecule has 0 amide bonds. The summed E-state index contributed by atoms with van der Waals surface area (Å²) in [5, 5.41) is 0. The van der Waals surface area contributed by atoms with Gasteiger partial charge in [0.1, 0.15) is 0 Å². The number of ether oxygens (including phenoxy) is 4. The molecule has 5 heteroatoms. The highest BCUT2D eigenvalue weighted by Crippen LogP contribution is 2.25. The monoisotopic (exact) mass is 261 g/mol. The van der Waals surface area contributed by atoms with E-state index < -0.39 is 0 Å². The van der Waals surface area contributed by atoms with Gasteiger partial charge in [-0.2, -0.15) is 0 Å². The van der Waals surface area contributed by atoms with Gasteiger partial charge < -0.3 is 24.7 Å². The van der Waals surface area contributed by atoms with E-state index in [1.807, 2.05) is 0 Å². The Labute approximate surface area is 110 Å². The van der Waals surface area contributed by atoms with Crippen molar-refractivity contribution in [2.45, 2.75) is 44.4 Å². The van der Waals surface area contributed by atoms with Crippen molar-refractivity contribution in [2.24, 2.45) is 5.73 Å². The van der Waals surface area contributed by atoms with Crippen LogP contribution in [0.3, 0.4) is 0 Å². The summed E-state index contributed by atoms with van der Waals surface area (Å²) in [4.78, 5) is 0. The Morgan fingerprint density at radius 1 is 1.06 bits per heavy atom. The van der Waals surface area contributed by atoms with Crippen molar-refractivity contribution >= 4 is 0 Å². The van der Waals surface area contributed by atoms with Crippen molar-refractivity contribution in [1.29, 1.82) is 0 Å². The zero-order chi connectivity index (χ0) is 13.2. The summed E-state index contributed by atoms with van der Waals surface area (Å²) in [6.45, 7) is 5.54. The van der Waals surface area contributed by atoms with Gasteiger partial charge in [0.25, 0.3) is 0 Å². The molecule has 3 unspecified atom stereocenters. The Kier molecular flexibility index (Phi) is 8.54. The van der Waals surface area contributed by atoms with E-state index in [9.17, 15) is 0 Å². The molecule has 2 N–H and O–H groups in total. The molecule has 0 radical (unpaired) electrons. The van der Waals surface area contributed by atoms with Crippen LogP contribution in [-0.4, -0.2) is 58.4 Å². The highest BCUT2D eigenvalue weighted by Gasteiger charge is 2.40. The van der Waals surface area contributed by atoms with Crippen LogP contribution in [0.25, 0.3) is 0 Å². The summed E-state index contributed by atoms with van der Waals surface area (Å²) in [6, 6.07) is 0.129. The van der Waals surface area contributed by atoms with Crippen molar-refractivity contribution in [3.8, 4) is 0 Å². The van der Waals surface area contributed by atoms with Gasteiger partial charge in [0.15, 0.2) is 0 Å². The molecule has 1 fully saturated rings. The second kappa shape index (κ2) is 9.69. The Balaban J connectivity index is 1.95. The van der Waals surface area contributed by atoms with Crippen LogP contribution < -0.4 is 5.73 Å². The lowest BCUT2D eigenvalue weighted by molar-refractivity contribution is -0.145. The maximum atomic E-state index is 5.89. The molecule has 0 aliphatic heterocycles. The number of methoxy groups -OCH3 is 1. The molecule has 0 saturated heterocycles. The Bertz CT molecular complexity index is 203. The normalized spacial score (nSPS) is 27.2. The lowest BCUT2D eigenvalue weighted by Gasteiger charge is -2.41. The van der Waals surface area contributed by atoms with Gasteiger partial charge in [-0.15, -0.1) is 0 Å². The quantitative estimate of drug-likeness (QED) is 0.561. The van der Waals surface area contributed by atoms with Gasteiger partial charge in [0.2, 0.25) is 0 Å². The molecule has 1 aliphatic rings. The standard InChI is InChI=1S/C13H27NO4/c1-3-5-18-13-11(14)10-12(13)17-9-8-16-7-4-6-15-2/h11-13H,3-10,14H2,1-2H3. The molecule has 1 saturated carbocycles. The first-order valence-corrected chi connectivity index (χ1v) is 6.85. The minimum Gasteiger partial charge on any atom is -0.385 e. The van der Waals surface area contributed by atoms with Gasteiger partial charge >= 0.3 is 0 Å². The Hall–Kier alpha value is -0.200. The molecular formula is C13H27NO4. The molecule has 1 rings (SSSR count). The van der Waals surface area contributed by atoms with Crippen molar-refractivity contribution in [3.05, 3.63) is 0 Å². The van der Waals surface area contributed by atoms with Crippen molar-refractivity contribution in [2.75, 3.05) is 40.1 Å². The second-order valence-electron chi connectivity index (χ2n) is 4.60. The molecule has 18 heavy (non-hydrogen) atoms. The molecule has 0 heterocycles. The first kappa shape index (κ1) is 15.9. The van der Waals surface area contributed by atoms with E-state index in [0.29, 0.717) is 13.2 Å². The predicted octanol–water partition coefficient (Wildman–Crippen LogP) is 0.951. The molecule has 1 aliphatic carbocycles. The van der Waals surface area contributed by atoms with Gasteiger partial charge in [-0.1, -0.05) is 6.92 Å². The smallest absolute Gasteiger partial charge is 0.0988 e. The van der Waals surface area contributed by atoms with Crippen molar-refractivity contribution < 1.29 is 18.9 Å². The van der Waals surface area contributed by atoms with Crippen LogP contribution in [0.4, 0.5) is 0 Å². The van der Waals surface area contributed by atoms with Gasteiger partial charge in [-0.25, -0.2) is 0 Å². The van der Waals surface area contributed by atoms with Crippen LogP contribution in [0.15, 0.2) is 0 Å². The molecule has 5 nitrogen and oxygen atoms in total. The van der Waals surface area contributed by atoms with E-state index in [2.05, 4.69) is 6.92 Å². The first-order chi connectivity index (χ1) is 8.79. The largest absolute Gasteiger partial charge is 0.385 e. The van der Waals surface area contributed by atoms with E-state index in [4.69, 9.17) is 24.7 Å². The topological polar surface area (TPSA) is 62.9 Å². The molecule has 0 aromatic carbocycles. The number of hydrogen-bond acceptors (Lipinski definition) is 5. The lowest BCUT2D eigenvalue weighted by atomic mass is 9.86. The SMILES string of the molecule is CCCOC1C(N)CC1OCCOCCCOC. The number of rotatable bonds is 11. The highest BCUT2D eigenvalue weighted by atomic mass is 16.6. The third-order valence-corrected chi connectivity index (χ3v) is 3.00. The zero-order valence-corrected chi connectivity index (χ0v) is 11.6. The van der Waals surface area contributed by atoms with Crippen LogP contribution in [-0.2, 0) is 18.9 Å². The number of hydrogen-bond donors (Lipinski definition) is 1. The Morgan fingerprint density at radius 2 is 1.89 bits per heavy atom. The van der Waals surface area contributed by atoms with Gasteiger partial charge in [-0.3, -0.25) is 0 Å².